The lowest BCUT2D eigenvalue weighted by Crippen LogP contribution is -2.48. The van der Waals surface area contributed by atoms with Crippen molar-refractivity contribution in [2.75, 3.05) is 26.2 Å². The highest BCUT2D eigenvalue weighted by Gasteiger charge is 2.23. The van der Waals surface area contributed by atoms with E-state index in [1.165, 1.54) is 10.9 Å². The van der Waals surface area contributed by atoms with Crippen molar-refractivity contribution in [2.24, 2.45) is 0 Å². The summed E-state index contributed by atoms with van der Waals surface area (Å²) in [7, 11) is 0. The van der Waals surface area contributed by atoms with Gasteiger partial charge in [-0.15, -0.1) is 0 Å². The Hall–Kier alpha value is -3.18. The van der Waals surface area contributed by atoms with E-state index in [-0.39, 0.29) is 5.91 Å². The molecule has 0 atom stereocenters. The number of carbonyl (C=O) groups is 1. The normalized spacial score (nSPS) is 15.4. The molecule has 4 aromatic rings. The first-order chi connectivity index (χ1) is 13.8. The Labute approximate surface area is 163 Å². The molecule has 1 N–H and O–H groups in total. The van der Waals surface area contributed by atoms with Crippen LogP contribution in [0.25, 0.3) is 21.8 Å². The van der Waals surface area contributed by atoms with Crippen LogP contribution < -0.4 is 0 Å². The molecule has 5 nitrogen and oxygen atoms in total. The highest BCUT2D eigenvalue weighted by atomic mass is 16.2. The Morgan fingerprint density at radius 1 is 0.929 bits per heavy atom. The number of pyridine rings is 1. The lowest BCUT2D eigenvalue weighted by Gasteiger charge is -2.34. The molecule has 1 aliphatic rings. The van der Waals surface area contributed by atoms with Gasteiger partial charge in [0.25, 0.3) is 5.91 Å². The minimum atomic E-state index is 0.0858. The summed E-state index contributed by atoms with van der Waals surface area (Å²) >= 11 is 0. The van der Waals surface area contributed by atoms with E-state index in [9.17, 15) is 4.79 Å². The number of rotatable bonds is 3. The Morgan fingerprint density at radius 2 is 1.71 bits per heavy atom. The quantitative estimate of drug-likeness (QED) is 0.599. The molecule has 1 amide bonds. The molecule has 0 bridgehead atoms. The molecule has 28 heavy (non-hydrogen) atoms. The summed E-state index contributed by atoms with van der Waals surface area (Å²) < 4.78 is 0. The van der Waals surface area contributed by atoms with Crippen LogP contribution in [0.1, 0.15) is 16.1 Å². The van der Waals surface area contributed by atoms with Gasteiger partial charge in [-0.25, -0.2) is 0 Å². The number of hydrogen-bond donors (Lipinski definition) is 1. The minimum absolute atomic E-state index is 0.0858. The van der Waals surface area contributed by atoms with Crippen molar-refractivity contribution < 1.29 is 4.79 Å². The maximum absolute atomic E-state index is 12.9. The average Bonchev–Trinajstić information content (AvgIpc) is 3.18. The molecule has 3 heterocycles. The van der Waals surface area contributed by atoms with Crippen LogP contribution in [0.4, 0.5) is 0 Å². The fraction of sp³-hybridized carbons (Fsp3) is 0.217. The van der Waals surface area contributed by atoms with Gasteiger partial charge in [0.1, 0.15) is 5.69 Å². The molecule has 0 unspecified atom stereocenters. The number of hydrogen-bond acceptors (Lipinski definition) is 3. The zero-order valence-corrected chi connectivity index (χ0v) is 15.6. The number of fused-ring (bicyclic) bond motifs is 2. The van der Waals surface area contributed by atoms with E-state index in [4.69, 9.17) is 0 Å². The van der Waals surface area contributed by atoms with E-state index < -0.39 is 0 Å². The standard InChI is InChI=1S/C23H22N4O/c28-23(21-15-18-5-1-2-9-20(18)25-21)27-13-11-26(12-14-27)16-19-7-3-6-17-8-4-10-24-22(17)19/h1-10,15,25H,11-14,16H2. The summed E-state index contributed by atoms with van der Waals surface area (Å²) in [6.45, 7) is 4.09. The molecule has 1 saturated heterocycles. The summed E-state index contributed by atoms with van der Waals surface area (Å²) in [4.78, 5) is 25.0. The van der Waals surface area contributed by atoms with E-state index in [0.29, 0.717) is 5.69 Å². The van der Waals surface area contributed by atoms with Crippen molar-refractivity contribution in [2.45, 2.75) is 6.54 Å². The number of H-pyrrole nitrogens is 1. The van der Waals surface area contributed by atoms with Gasteiger partial charge in [0.15, 0.2) is 0 Å². The topological polar surface area (TPSA) is 52.2 Å². The van der Waals surface area contributed by atoms with Gasteiger partial charge in [0.05, 0.1) is 5.52 Å². The third-order valence-electron chi connectivity index (χ3n) is 5.53. The molecule has 0 spiro atoms. The van der Waals surface area contributed by atoms with Gasteiger partial charge in [0.2, 0.25) is 0 Å². The number of amides is 1. The number of para-hydroxylation sites is 2. The zero-order valence-electron chi connectivity index (χ0n) is 15.6. The molecule has 2 aromatic heterocycles. The smallest absolute Gasteiger partial charge is 0.270 e. The summed E-state index contributed by atoms with van der Waals surface area (Å²) in [5, 5.41) is 2.25. The van der Waals surface area contributed by atoms with Crippen LogP contribution in [0.3, 0.4) is 0 Å². The first-order valence-corrected chi connectivity index (χ1v) is 9.70. The van der Waals surface area contributed by atoms with Gasteiger partial charge in [0, 0.05) is 55.2 Å². The lowest BCUT2D eigenvalue weighted by molar-refractivity contribution is 0.0624. The van der Waals surface area contributed by atoms with E-state index in [1.807, 2.05) is 47.5 Å². The molecule has 0 radical (unpaired) electrons. The molecule has 0 saturated carbocycles. The maximum atomic E-state index is 12.9. The Bertz CT molecular complexity index is 1100. The molecule has 0 aliphatic carbocycles. The summed E-state index contributed by atoms with van der Waals surface area (Å²) in [6, 6.07) is 20.4. The minimum Gasteiger partial charge on any atom is -0.351 e. The second kappa shape index (κ2) is 7.09. The highest BCUT2D eigenvalue weighted by Crippen LogP contribution is 2.20. The number of nitrogens with one attached hydrogen (secondary N) is 1. The van der Waals surface area contributed by atoms with Crippen LogP contribution in [0.15, 0.2) is 66.9 Å². The first kappa shape index (κ1) is 17.0. The SMILES string of the molecule is O=C(c1cc2ccccc2[nH]1)N1CCN(Cc2cccc3cccnc23)CC1. The average molecular weight is 370 g/mol. The summed E-state index contributed by atoms with van der Waals surface area (Å²) in [6.07, 6.45) is 1.85. The fourth-order valence-electron chi connectivity index (χ4n) is 4.00. The Morgan fingerprint density at radius 3 is 2.57 bits per heavy atom. The van der Waals surface area contributed by atoms with Gasteiger partial charge >= 0.3 is 0 Å². The second-order valence-corrected chi connectivity index (χ2v) is 7.33. The predicted molar refractivity (Wildman–Crippen MR) is 111 cm³/mol. The third-order valence-corrected chi connectivity index (χ3v) is 5.53. The van der Waals surface area contributed by atoms with Gasteiger partial charge < -0.3 is 9.88 Å². The number of carbonyl (C=O) groups excluding carboxylic acids is 1. The summed E-state index contributed by atoms with van der Waals surface area (Å²) in [5.41, 5.74) is 4.00. The molecular weight excluding hydrogens is 348 g/mol. The molecule has 1 aliphatic heterocycles. The molecule has 1 fully saturated rings. The van der Waals surface area contributed by atoms with Crippen molar-refractivity contribution in [3.63, 3.8) is 0 Å². The number of piperazine rings is 1. The third kappa shape index (κ3) is 3.14. The van der Waals surface area contributed by atoms with Crippen LogP contribution >= 0.6 is 0 Å². The number of benzene rings is 2. The largest absolute Gasteiger partial charge is 0.351 e. The first-order valence-electron chi connectivity index (χ1n) is 9.70. The van der Waals surface area contributed by atoms with Crippen molar-refractivity contribution in [3.8, 4) is 0 Å². The number of nitrogens with zero attached hydrogens (tertiary/aromatic N) is 3. The summed E-state index contributed by atoms with van der Waals surface area (Å²) in [5.74, 6) is 0.0858. The van der Waals surface area contributed by atoms with Crippen molar-refractivity contribution >= 4 is 27.7 Å². The maximum Gasteiger partial charge on any atom is 0.270 e. The van der Waals surface area contributed by atoms with Crippen molar-refractivity contribution in [1.29, 1.82) is 0 Å². The van der Waals surface area contributed by atoms with Crippen LogP contribution in [0, 0.1) is 0 Å². The van der Waals surface area contributed by atoms with Gasteiger partial charge in [-0.3, -0.25) is 14.7 Å². The Kier molecular flexibility index (Phi) is 4.29. The molecule has 5 rings (SSSR count). The molecule has 140 valence electrons. The predicted octanol–water partition coefficient (Wildman–Crippen LogP) is 3.67. The van der Waals surface area contributed by atoms with Gasteiger partial charge in [-0.05, 0) is 23.8 Å². The van der Waals surface area contributed by atoms with Crippen LogP contribution in [-0.2, 0) is 6.54 Å². The van der Waals surface area contributed by atoms with Crippen molar-refractivity contribution in [3.05, 3.63) is 78.1 Å². The zero-order chi connectivity index (χ0) is 18.9. The van der Waals surface area contributed by atoms with E-state index in [1.54, 1.807) is 0 Å². The lowest BCUT2D eigenvalue weighted by atomic mass is 10.1. The van der Waals surface area contributed by atoms with Crippen LogP contribution in [0.2, 0.25) is 0 Å². The highest BCUT2D eigenvalue weighted by molar-refractivity contribution is 5.98. The monoisotopic (exact) mass is 370 g/mol. The number of aromatic amines is 1. The van der Waals surface area contributed by atoms with E-state index in [0.717, 1.165) is 49.1 Å². The molecule has 2 aromatic carbocycles. The Balaban J connectivity index is 1.26. The van der Waals surface area contributed by atoms with Gasteiger partial charge in [-0.2, -0.15) is 0 Å². The van der Waals surface area contributed by atoms with Crippen molar-refractivity contribution in [1.82, 2.24) is 19.8 Å². The van der Waals surface area contributed by atoms with Gasteiger partial charge in [-0.1, -0.05) is 42.5 Å². The molecule has 5 heteroatoms. The van der Waals surface area contributed by atoms with E-state index in [2.05, 4.69) is 39.1 Å². The van der Waals surface area contributed by atoms with Crippen LogP contribution in [-0.4, -0.2) is 51.9 Å². The second-order valence-electron chi connectivity index (χ2n) is 7.33. The number of aromatic nitrogens is 2. The fourth-order valence-corrected chi connectivity index (χ4v) is 4.00. The molecular formula is C23H22N4O. The van der Waals surface area contributed by atoms with E-state index >= 15 is 0 Å². The van der Waals surface area contributed by atoms with Crippen LogP contribution in [0.5, 0.6) is 0 Å².